The summed E-state index contributed by atoms with van der Waals surface area (Å²) in [6.07, 6.45) is 1.69. The van der Waals surface area contributed by atoms with Crippen LogP contribution >= 0.6 is 15.9 Å². The van der Waals surface area contributed by atoms with Crippen LogP contribution in [0.5, 0.6) is 5.75 Å². The number of nitrogen functional groups attached to an aromatic ring is 1. The molecule has 0 aliphatic heterocycles. The summed E-state index contributed by atoms with van der Waals surface area (Å²) in [4.78, 5) is 11.6. The first kappa shape index (κ1) is 14.5. The van der Waals surface area contributed by atoms with Gasteiger partial charge in [-0.3, -0.25) is 0 Å². The summed E-state index contributed by atoms with van der Waals surface area (Å²) in [5.74, 6) is 0.350. The minimum atomic E-state index is -0.413. The Balaban J connectivity index is 1.99. The van der Waals surface area contributed by atoms with Crippen molar-refractivity contribution in [3.05, 3.63) is 46.7 Å². The van der Waals surface area contributed by atoms with Gasteiger partial charge in [-0.15, -0.1) is 0 Å². The van der Waals surface area contributed by atoms with Crippen LogP contribution in [0.3, 0.4) is 0 Å². The SMILES string of the molecule is COC(=O)c1cc(N)cn1CCOc1cccc(Br)c1. The smallest absolute Gasteiger partial charge is 0.354 e. The van der Waals surface area contributed by atoms with E-state index in [4.69, 9.17) is 15.2 Å². The first-order valence-corrected chi connectivity index (χ1v) is 6.82. The van der Waals surface area contributed by atoms with Crippen LogP contribution in [0.4, 0.5) is 5.69 Å². The van der Waals surface area contributed by atoms with Gasteiger partial charge in [-0.2, -0.15) is 0 Å². The predicted molar refractivity (Wildman–Crippen MR) is 79.8 cm³/mol. The molecule has 106 valence electrons. The molecular formula is C14H15BrN2O3. The number of anilines is 1. The molecule has 0 amide bonds. The minimum absolute atomic E-state index is 0.413. The minimum Gasteiger partial charge on any atom is -0.492 e. The number of aromatic nitrogens is 1. The first-order valence-electron chi connectivity index (χ1n) is 6.02. The van der Waals surface area contributed by atoms with Crippen molar-refractivity contribution >= 4 is 27.6 Å². The molecule has 0 saturated heterocycles. The van der Waals surface area contributed by atoms with Gasteiger partial charge >= 0.3 is 5.97 Å². The van der Waals surface area contributed by atoms with E-state index >= 15 is 0 Å². The monoisotopic (exact) mass is 338 g/mol. The molecule has 0 aliphatic rings. The molecule has 1 aromatic carbocycles. The Bertz CT molecular complexity index is 610. The van der Waals surface area contributed by atoms with Gasteiger partial charge in [0, 0.05) is 10.7 Å². The van der Waals surface area contributed by atoms with Crippen LogP contribution in [-0.2, 0) is 11.3 Å². The fourth-order valence-corrected chi connectivity index (χ4v) is 2.19. The summed E-state index contributed by atoms with van der Waals surface area (Å²) in [5.41, 5.74) is 6.64. The lowest BCUT2D eigenvalue weighted by atomic mass is 10.3. The van der Waals surface area contributed by atoms with Gasteiger partial charge in [-0.1, -0.05) is 22.0 Å². The third-order valence-corrected chi connectivity index (χ3v) is 3.20. The molecule has 0 spiro atoms. The van der Waals surface area contributed by atoms with E-state index in [0.717, 1.165) is 10.2 Å². The van der Waals surface area contributed by atoms with Crippen LogP contribution in [0, 0.1) is 0 Å². The Morgan fingerprint density at radius 1 is 1.40 bits per heavy atom. The summed E-state index contributed by atoms with van der Waals surface area (Å²) in [6, 6.07) is 9.16. The van der Waals surface area contributed by atoms with Crippen molar-refractivity contribution in [3.8, 4) is 5.75 Å². The highest BCUT2D eigenvalue weighted by Gasteiger charge is 2.12. The maximum Gasteiger partial charge on any atom is 0.354 e. The Morgan fingerprint density at radius 3 is 2.90 bits per heavy atom. The van der Waals surface area contributed by atoms with Gasteiger partial charge in [0.05, 0.1) is 19.3 Å². The number of carbonyl (C=O) groups excluding carboxylic acids is 1. The van der Waals surface area contributed by atoms with Crippen molar-refractivity contribution in [2.24, 2.45) is 0 Å². The molecule has 2 N–H and O–H groups in total. The fourth-order valence-electron chi connectivity index (χ4n) is 1.81. The van der Waals surface area contributed by atoms with Gasteiger partial charge in [0.15, 0.2) is 0 Å². The van der Waals surface area contributed by atoms with Crippen LogP contribution in [-0.4, -0.2) is 24.3 Å². The van der Waals surface area contributed by atoms with Crippen molar-refractivity contribution in [3.63, 3.8) is 0 Å². The fraction of sp³-hybridized carbons (Fsp3) is 0.214. The summed E-state index contributed by atoms with van der Waals surface area (Å²) >= 11 is 3.38. The molecule has 5 nitrogen and oxygen atoms in total. The standard InChI is InChI=1S/C14H15BrN2O3/c1-19-14(18)13-8-11(16)9-17(13)5-6-20-12-4-2-3-10(15)7-12/h2-4,7-9H,5-6,16H2,1H3. The summed E-state index contributed by atoms with van der Waals surface area (Å²) in [5, 5.41) is 0. The molecule has 0 radical (unpaired) electrons. The van der Waals surface area contributed by atoms with Crippen molar-refractivity contribution in [2.45, 2.75) is 6.54 Å². The molecule has 0 fully saturated rings. The van der Waals surface area contributed by atoms with E-state index in [0.29, 0.717) is 24.5 Å². The van der Waals surface area contributed by atoms with Crippen LogP contribution in [0.2, 0.25) is 0 Å². The molecule has 20 heavy (non-hydrogen) atoms. The molecule has 0 aliphatic carbocycles. The molecular weight excluding hydrogens is 324 g/mol. The van der Waals surface area contributed by atoms with Gasteiger partial charge in [0.2, 0.25) is 0 Å². The molecule has 0 bridgehead atoms. The number of methoxy groups -OCH3 is 1. The number of esters is 1. The zero-order valence-electron chi connectivity index (χ0n) is 11.0. The zero-order chi connectivity index (χ0) is 14.5. The van der Waals surface area contributed by atoms with E-state index < -0.39 is 5.97 Å². The lowest BCUT2D eigenvalue weighted by Gasteiger charge is -2.09. The molecule has 1 aromatic heterocycles. The van der Waals surface area contributed by atoms with Crippen molar-refractivity contribution < 1.29 is 14.3 Å². The van der Waals surface area contributed by atoms with E-state index in [1.54, 1.807) is 16.8 Å². The molecule has 0 saturated carbocycles. The number of halogens is 1. The quantitative estimate of drug-likeness (QED) is 0.851. The second kappa shape index (κ2) is 6.47. The number of ether oxygens (including phenoxy) is 2. The van der Waals surface area contributed by atoms with Gasteiger partial charge in [-0.25, -0.2) is 4.79 Å². The predicted octanol–water partition coefficient (Wildman–Crippen LogP) is 2.70. The molecule has 2 rings (SSSR count). The molecule has 1 heterocycles. The van der Waals surface area contributed by atoms with Gasteiger partial charge in [0.1, 0.15) is 18.1 Å². The molecule has 2 aromatic rings. The third kappa shape index (κ3) is 3.54. The van der Waals surface area contributed by atoms with Crippen molar-refractivity contribution in [1.29, 1.82) is 0 Å². The number of nitrogens with zero attached hydrogens (tertiary/aromatic N) is 1. The van der Waals surface area contributed by atoms with Gasteiger partial charge < -0.3 is 19.8 Å². The van der Waals surface area contributed by atoms with Crippen LogP contribution in [0.25, 0.3) is 0 Å². The number of hydrogen-bond acceptors (Lipinski definition) is 4. The van der Waals surface area contributed by atoms with E-state index in [2.05, 4.69) is 15.9 Å². The maximum absolute atomic E-state index is 11.6. The Hall–Kier alpha value is -1.95. The number of carbonyl (C=O) groups is 1. The maximum atomic E-state index is 11.6. The average molecular weight is 339 g/mol. The largest absolute Gasteiger partial charge is 0.492 e. The van der Waals surface area contributed by atoms with Gasteiger partial charge in [-0.05, 0) is 24.3 Å². The molecule has 0 atom stereocenters. The number of rotatable bonds is 5. The Labute approximate surface area is 125 Å². The van der Waals surface area contributed by atoms with E-state index in [1.165, 1.54) is 7.11 Å². The highest BCUT2D eigenvalue weighted by Crippen LogP contribution is 2.18. The normalized spacial score (nSPS) is 10.3. The molecule has 0 unspecified atom stereocenters. The second-order valence-corrected chi connectivity index (χ2v) is 5.07. The van der Waals surface area contributed by atoms with Gasteiger partial charge in [0.25, 0.3) is 0 Å². The third-order valence-electron chi connectivity index (χ3n) is 2.71. The summed E-state index contributed by atoms with van der Waals surface area (Å²) < 4.78 is 13.0. The van der Waals surface area contributed by atoms with Crippen LogP contribution in [0.15, 0.2) is 41.0 Å². The second-order valence-electron chi connectivity index (χ2n) is 4.15. The van der Waals surface area contributed by atoms with Crippen LogP contribution < -0.4 is 10.5 Å². The summed E-state index contributed by atoms with van der Waals surface area (Å²) in [6.45, 7) is 0.933. The topological polar surface area (TPSA) is 66.5 Å². The highest BCUT2D eigenvalue weighted by molar-refractivity contribution is 9.10. The highest BCUT2D eigenvalue weighted by atomic mass is 79.9. The number of nitrogens with two attached hydrogens (primary N) is 1. The van der Waals surface area contributed by atoms with Crippen molar-refractivity contribution in [1.82, 2.24) is 4.57 Å². The lowest BCUT2D eigenvalue weighted by molar-refractivity contribution is 0.0587. The number of hydrogen-bond donors (Lipinski definition) is 1. The van der Waals surface area contributed by atoms with E-state index in [9.17, 15) is 4.79 Å². The van der Waals surface area contributed by atoms with E-state index in [-0.39, 0.29) is 0 Å². The average Bonchev–Trinajstić information content (AvgIpc) is 2.79. The van der Waals surface area contributed by atoms with E-state index in [1.807, 2.05) is 24.3 Å². The zero-order valence-corrected chi connectivity index (χ0v) is 12.6. The first-order chi connectivity index (χ1) is 9.60. The van der Waals surface area contributed by atoms with Crippen molar-refractivity contribution in [2.75, 3.05) is 19.5 Å². The lowest BCUT2D eigenvalue weighted by Crippen LogP contribution is -2.14. The molecule has 6 heteroatoms. The summed E-state index contributed by atoms with van der Waals surface area (Å²) in [7, 11) is 1.34. The van der Waals surface area contributed by atoms with Crippen LogP contribution in [0.1, 0.15) is 10.5 Å². The number of benzene rings is 1. The Morgan fingerprint density at radius 2 is 2.20 bits per heavy atom. The Kier molecular flexibility index (Phi) is 4.68.